The molecule has 3 N–H and O–H groups in total. The maximum atomic E-state index is 12.7. The van der Waals surface area contributed by atoms with Crippen LogP contribution in [0, 0.1) is 27.7 Å². The fraction of sp³-hybridized carbons (Fsp3) is 0.480. The van der Waals surface area contributed by atoms with Crippen LogP contribution in [-0.2, 0) is 16.6 Å². The van der Waals surface area contributed by atoms with E-state index < -0.39 is 14.8 Å². The van der Waals surface area contributed by atoms with Crippen LogP contribution >= 0.6 is 0 Å². The van der Waals surface area contributed by atoms with Gasteiger partial charge in [0.15, 0.2) is 0 Å². The highest BCUT2D eigenvalue weighted by molar-refractivity contribution is 7.94. The number of hydrogen-bond acceptors (Lipinski definition) is 4. The molecule has 0 spiro atoms. The molecule has 0 fully saturated rings. The van der Waals surface area contributed by atoms with E-state index in [1.807, 2.05) is 53.7 Å². The summed E-state index contributed by atoms with van der Waals surface area (Å²) in [5.41, 5.74) is 7.39. The third kappa shape index (κ3) is 5.63. The van der Waals surface area contributed by atoms with Crippen molar-refractivity contribution in [1.29, 1.82) is 0 Å². The van der Waals surface area contributed by atoms with Crippen LogP contribution in [0.5, 0.6) is 0 Å². The molecule has 7 heteroatoms. The molecule has 0 aliphatic rings. The van der Waals surface area contributed by atoms with Crippen molar-refractivity contribution >= 4 is 27.3 Å². The van der Waals surface area contributed by atoms with Crippen LogP contribution in [0.1, 0.15) is 72.8 Å². The largest absolute Gasteiger partial charge is 0.381 e. The smallest absolute Gasteiger partial charge is 0.252 e. The second kappa shape index (κ2) is 9.53. The van der Waals surface area contributed by atoms with E-state index in [1.165, 1.54) is 0 Å². The zero-order chi connectivity index (χ0) is 24.4. The monoisotopic (exact) mass is 459 g/mol. The summed E-state index contributed by atoms with van der Waals surface area (Å²) in [6.45, 7) is 17.5. The van der Waals surface area contributed by atoms with Crippen molar-refractivity contribution in [2.24, 2.45) is 0 Å². The van der Waals surface area contributed by atoms with Gasteiger partial charge in [0.2, 0.25) is 10.0 Å². The van der Waals surface area contributed by atoms with Gasteiger partial charge in [-0.25, -0.2) is 8.42 Å². The Balaban J connectivity index is 2.22. The highest BCUT2D eigenvalue weighted by Crippen LogP contribution is 2.31. The second-order valence-electron chi connectivity index (χ2n) is 9.65. The summed E-state index contributed by atoms with van der Waals surface area (Å²) < 4.78 is 26.4. The zero-order valence-electron chi connectivity index (χ0n) is 20.7. The summed E-state index contributed by atoms with van der Waals surface area (Å²) in [5, 5.41) is 6.50. The lowest BCUT2D eigenvalue weighted by atomic mass is 9.91. The van der Waals surface area contributed by atoms with Crippen LogP contribution in [0.15, 0.2) is 24.3 Å². The third-order valence-electron chi connectivity index (χ3n) is 5.75. The minimum absolute atomic E-state index is 0.0407. The number of rotatable bonds is 7. The first-order chi connectivity index (χ1) is 14.7. The van der Waals surface area contributed by atoms with Crippen molar-refractivity contribution in [3.05, 3.63) is 57.6 Å². The minimum Gasteiger partial charge on any atom is -0.381 e. The van der Waals surface area contributed by atoms with E-state index in [9.17, 15) is 13.2 Å². The molecule has 2 aromatic carbocycles. The molecule has 0 saturated heterocycles. The van der Waals surface area contributed by atoms with Gasteiger partial charge in [-0.3, -0.25) is 9.52 Å². The van der Waals surface area contributed by atoms with Crippen molar-refractivity contribution in [3.8, 4) is 0 Å². The molecule has 32 heavy (non-hydrogen) atoms. The lowest BCUT2D eigenvalue weighted by Gasteiger charge is -2.22. The van der Waals surface area contributed by atoms with Gasteiger partial charge in [0.1, 0.15) is 0 Å². The Hall–Kier alpha value is -2.54. The lowest BCUT2D eigenvalue weighted by Crippen LogP contribution is -2.33. The number of benzene rings is 2. The molecule has 1 amide bonds. The fourth-order valence-electron chi connectivity index (χ4n) is 3.44. The SMILES string of the molecule is Cc1c(C)c(C(=O)NC(C)C)c(C)c(C)c1NCc1ccc(NS(=O)(=O)C(C)(C)C)cc1. The average Bonchev–Trinajstić information content (AvgIpc) is 2.66. The van der Waals surface area contributed by atoms with Gasteiger partial charge in [-0.15, -0.1) is 0 Å². The zero-order valence-corrected chi connectivity index (χ0v) is 21.5. The van der Waals surface area contributed by atoms with Gasteiger partial charge in [0, 0.05) is 29.5 Å². The fourth-order valence-corrected chi connectivity index (χ4v) is 4.19. The standard InChI is InChI=1S/C25H37N3O3S/c1-15(2)27-24(29)22-16(3)18(5)23(19(6)17(22)4)26-14-20-10-12-21(13-11-20)28-32(30,31)25(7,8)9/h10-13,15,26,28H,14H2,1-9H3,(H,27,29). The molecule has 0 aromatic heterocycles. The normalized spacial score (nSPS) is 12.1. The van der Waals surface area contributed by atoms with E-state index in [2.05, 4.69) is 15.4 Å². The summed E-state index contributed by atoms with van der Waals surface area (Å²) in [6, 6.07) is 7.44. The van der Waals surface area contributed by atoms with Gasteiger partial charge in [0.25, 0.3) is 5.91 Å². The van der Waals surface area contributed by atoms with Crippen LogP contribution in [0.2, 0.25) is 0 Å². The first-order valence-electron chi connectivity index (χ1n) is 10.9. The number of sulfonamides is 1. The molecule has 0 aliphatic heterocycles. The molecule has 0 aliphatic carbocycles. The van der Waals surface area contributed by atoms with Crippen molar-refractivity contribution < 1.29 is 13.2 Å². The van der Waals surface area contributed by atoms with Crippen LogP contribution in [0.4, 0.5) is 11.4 Å². The molecule has 0 saturated carbocycles. The highest BCUT2D eigenvalue weighted by Gasteiger charge is 2.28. The molecule has 2 aromatic rings. The molecule has 0 atom stereocenters. The minimum atomic E-state index is -3.46. The Morgan fingerprint density at radius 1 is 0.906 bits per heavy atom. The molecule has 176 valence electrons. The van der Waals surface area contributed by atoms with Gasteiger partial charge in [-0.2, -0.15) is 0 Å². The quantitative estimate of drug-likeness (QED) is 0.530. The maximum absolute atomic E-state index is 12.7. The summed E-state index contributed by atoms with van der Waals surface area (Å²) in [7, 11) is -3.46. The Labute approximate surface area is 193 Å². The average molecular weight is 460 g/mol. The maximum Gasteiger partial charge on any atom is 0.252 e. The van der Waals surface area contributed by atoms with Gasteiger partial charge < -0.3 is 10.6 Å². The van der Waals surface area contributed by atoms with Crippen molar-refractivity contribution in [2.75, 3.05) is 10.0 Å². The summed E-state index contributed by atoms with van der Waals surface area (Å²) in [6.07, 6.45) is 0. The van der Waals surface area contributed by atoms with Gasteiger partial charge in [0.05, 0.1) is 4.75 Å². The van der Waals surface area contributed by atoms with Gasteiger partial charge in [-0.1, -0.05) is 12.1 Å². The number of amides is 1. The molecular weight excluding hydrogens is 422 g/mol. The van der Waals surface area contributed by atoms with Crippen LogP contribution < -0.4 is 15.4 Å². The molecule has 0 unspecified atom stereocenters. The van der Waals surface area contributed by atoms with E-state index >= 15 is 0 Å². The van der Waals surface area contributed by atoms with E-state index in [0.717, 1.165) is 39.1 Å². The van der Waals surface area contributed by atoms with Gasteiger partial charge >= 0.3 is 0 Å². The molecule has 2 rings (SSSR count). The topological polar surface area (TPSA) is 87.3 Å². The lowest BCUT2D eigenvalue weighted by molar-refractivity contribution is 0.0941. The number of carbonyl (C=O) groups is 1. The Kier molecular flexibility index (Phi) is 7.66. The van der Waals surface area contributed by atoms with Crippen LogP contribution in [0.25, 0.3) is 0 Å². The van der Waals surface area contributed by atoms with Gasteiger partial charge in [-0.05, 0) is 102 Å². The number of anilines is 2. The second-order valence-corrected chi connectivity index (χ2v) is 12.1. The van der Waals surface area contributed by atoms with E-state index in [-0.39, 0.29) is 11.9 Å². The first kappa shape index (κ1) is 25.7. The summed E-state index contributed by atoms with van der Waals surface area (Å²) >= 11 is 0. The number of carbonyl (C=O) groups excluding carboxylic acids is 1. The van der Waals surface area contributed by atoms with Crippen LogP contribution in [0.3, 0.4) is 0 Å². The molecule has 0 heterocycles. The van der Waals surface area contributed by atoms with E-state index in [0.29, 0.717) is 12.2 Å². The Morgan fingerprint density at radius 2 is 1.41 bits per heavy atom. The van der Waals surface area contributed by atoms with Crippen molar-refractivity contribution in [1.82, 2.24) is 5.32 Å². The highest BCUT2D eigenvalue weighted by atomic mass is 32.2. The van der Waals surface area contributed by atoms with E-state index in [4.69, 9.17) is 0 Å². The van der Waals surface area contributed by atoms with E-state index in [1.54, 1.807) is 32.9 Å². The first-order valence-corrected chi connectivity index (χ1v) is 12.4. The Morgan fingerprint density at radius 3 is 1.84 bits per heavy atom. The number of hydrogen-bond donors (Lipinski definition) is 3. The van der Waals surface area contributed by atoms with Crippen molar-refractivity contribution in [3.63, 3.8) is 0 Å². The molecule has 6 nitrogen and oxygen atoms in total. The Bertz CT molecular complexity index is 1070. The molecular formula is C25H37N3O3S. The number of nitrogens with one attached hydrogen (secondary N) is 3. The summed E-state index contributed by atoms with van der Waals surface area (Å²) in [4.78, 5) is 12.7. The van der Waals surface area contributed by atoms with Crippen molar-refractivity contribution in [2.45, 2.75) is 79.6 Å². The predicted molar refractivity (Wildman–Crippen MR) is 134 cm³/mol. The molecule has 0 radical (unpaired) electrons. The van der Waals surface area contributed by atoms with Crippen LogP contribution in [-0.4, -0.2) is 25.1 Å². The third-order valence-corrected chi connectivity index (χ3v) is 7.87. The summed E-state index contributed by atoms with van der Waals surface area (Å²) in [5.74, 6) is -0.0407. The predicted octanol–water partition coefficient (Wildman–Crippen LogP) is 5.21. The molecule has 0 bridgehead atoms.